The monoisotopic (exact) mass is 247 g/mol. The molecule has 4 heteroatoms. The Morgan fingerprint density at radius 3 is 2.78 bits per heavy atom. The van der Waals surface area contributed by atoms with E-state index in [9.17, 15) is 0 Å². The normalized spacial score (nSPS) is 11.1. The van der Waals surface area contributed by atoms with Crippen molar-refractivity contribution in [2.45, 2.75) is 39.8 Å². The van der Waals surface area contributed by atoms with Crippen LogP contribution in [-0.4, -0.2) is 16.8 Å². The van der Waals surface area contributed by atoms with Gasteiger partial charge in [0.25, 0.3) is 0 Å². The van der Waals surface area contributed by atoms with Crippen molar-refractivity contribution in [3.05, 3.63) is 41.1 Å². The molecule has 0 unspecified atom stereocenters. The third-order valence-electron chi connectivity index (χ3n) is 3.03. The number of aryl methyl sites for hydroxylation is 2. The van der Waals surface area contributed by atoms with Crippen LogP contribution in [0.25, 0.3) is 0 Å². The molecule has 0 aliphatic rings. The van der Waals surface area contributed by atoms with E-state index in [-0.39, 0.29) is 0 Å². The standard InChI is InChI=1S/C14H21N3O/c1-4-12-7-13(5-2)17(16-12)9-14-6-11(8-15-3)10-18-14/h6-7,10,15H,4-5,8-9H2,1-3H3. The van der Waals surface area contributed by atoms with E-state index in [4.69, 9.17) is 4.42 Å². The first-order valence-corrected chi connectivity index (χ1v) is 6.53. The molecule has 2 aromatic rings. The molecule has 2 heterocycles. The van der Waals surface area contributed by atoms with Gasteiger partial charge >= 0.3 is 0 Å². The minimum Gasteiger partial charge on any atom is -0.467 e. The number of nitrogens with zero attached hydrogens (tertiary/aromatic N) is 2. The molecule has 0 fully saturated rings. The van der Waals surface area contributed by atoms with Crippen LogP contribution in [0.1, 0.15) is 36.6 Å². The lowest BCUT2D eigenvalue weighted by Gasteiger charge is -2.02. The molecule has 0 spiro atoms. The van der Waals surface area contributed by atoms with E-state index in [0.717, 1.165) is 30.8 Å². The summed E-state index contributed by atoms with van der Waals surface area (Å²) in [5, 5.41) is 7.71. The first kappa shape index (κ1) is 12.9. The van der Waals surface area contributed by atoms with Crippen molar-refractivity contribution < 1.29 is 4.42 Å². The topological polar surface area (TPSA) is 43.0 Å². The number of furan rings is 1. The zero-order valence-corrected chi connectivity index (χ0v) is 11.4. The summed E-state index contributed by atoms with van der Waals surface area (Å²) in [6.45, 7) is 5.84. The van der Waals surface area contributed by atoms with Gasteiger partial charge in [0.2, 0.25) is 0 Å². The van der Waals surface area contributed by atoms with Crippen molar-refractivity contribution in [1.29, 1.82) is 0 Å². The molecule has 0 radical (unpaired) electrons. The Bertz CT molecular complexity index is 499. The van der Waals surface area contributed by atoms with Gasteiger partial charge in [-0.05, 0) is 32.0 Å². The predicted molar refractivity (Wildman–Crippen MR) is 71.6 cm³/mol. The molecule has 0 aliphatic carbocycles. The minimum atomic E-state index is 0.715. The first-order chi connectivity index (χ1) is 8.76. The van der Waals surface area contributed by atoms with Crippen LogP contribution in [0, 0.1) is 0 Å². The van der Waals surface area contributed by atoms with Gasteiger partial charge in [-0.15, -0.1) is 0 Å². The highest BCUT2D eigenvalue weighted by molar-refractivity contribution is 5.15. The summed E-state index contributed by atoms with van der Waals surface area (Å²) in [5.74, 6) is 0.959. The van der Waals surface area contributed by atoms with E-state index in [1.54, 1.807) is 0 Å². The molecule has 2 aromatic heterocycles. The van der Waals surface area contributed by atoms with Crippen molar-refractivity contribution in [3.63, 3.8) is 0 Å². The van der Waals surface area contributed by atoms with Crippen LogP contribution in [0.2, 0.25) is 0 Å². The van der Waals surface area contributed by atoms with E-state index < -0.39 is 0 Å². The average Bonchev–Trinajstić information content (AvgIpc) is 2.97. The van der Waals surface area contributed by atoms with Crippen LogP contribution in [0.5, 0.6) is 0 Å². The van der Waals surface area contributed by atoms with Crippen LogP contribution < -0.4 is 5.32 Å². The molecule has 0 atom stereocenters. The Kier molecular flexibility index (Phi) is 4.20. The Balaban J connectivity index is 2.14. The first-order valence-electron chi connectivity index (χ1n) is 6.53. The molecule has 0 aromatic carbocycles. The summed E-state index contributed by atoms with van der Waals surface area (Å²) < 4.78 is 7.61. The van der Waals surface area contributed by atoms with Gasteiger partial charge < -0.3 is 9.73 Å². The Morgan fingerprint density at radius 2 is 2.11 bits per heavy atom. The minimum absolute atomic E-state index is 0.715. The van der Waals surface area contributed by atoms with Gasteiger partial charge in [-0.2, -0.15) is 5.10 Å². The second kappa shape index (κ2) is 5.87. The zero-order valence-electron chi connectivity index (χ0n) is 11.4. The van der Waals surface area contributed by atoms with Crippen molar-refractivity contribution in [2.75, 3.05) is 7.05 Å². The third kappa shape index (κ3) is 2.82. The van der Waals surface area contributed by atoms with E-state index in [1.165, 1.54) is 11.3 Å². The molecule has 0 saturated heterocycles. The maximum absolute atomic E-state index is 5.56. The van der Waals surface area contributed by atoms with Crippen LogP contribution in [-0.2, 0) is 25.9 Å². The van der Waals surface area contributed by atoms with Crippen molar-refractivity contribution in [1.82, 2.24) is 15.1 Å². The molecular weight excluding hydrogens is 226 g/mol. The van der Waals surface area contributed by atoms with Gasteiger partial charge in [-0.1, -0.05) is 13.8 Å². The quantitative estimate of drug-likeness (QED) is 0.852. The number of hydrogen-bond donors (Lipinski definition) is 1. The summed E-state index contributed by atoms with van der Waals surface area (Å²) in [5.41, 5.74) is 3.58. The molecule has 0 amide bonds. The van der Waals surface area contributed by atoms with Crippen LogP contribution >= 0.6 is 0 Å². The maximum atomic E-state index is 5.56. The molecule has 2 rings (SSSR count). The summed E-state index contributed by atoms with van der Waals surface area (Å²) in [6, 6.07) is 4.26. The molecular formula is C14H21N3O. The van der Waals surface area contributed by atoms with Gasteiger partial charge in [0, 0.05) is 17.8 Å². The highest BCUT2D eigenvalue weighted by atomic mass is 16.3. The molecule has 98 valence electrons. The third-order valence-corrected chi connectivity index (χ3v) is 3.03. The van der Waals surface area contributed by atoms with Crippen LogP contribution in [0.3, 0.4) is 0 Å². The highest BCUT2D eigenvalue weighted by Crippen LogP contribution is 2.12. The Morgan fingerprint density at radius 1 is 1.28 bits per heavy atom. The number of nitrogens with one attached hydrogen (secondary N) is 1. The SMILES string of the molecule is CCc1cc(CC)n(Cc2cc(CNC)co2)n1. The summed E-state index contributed by atoms with van der Waals surface area (Å²) in [6.07, 6.45) is 3.78. The van der Waals surface area contributed by atoms with Crippen molar-refractivity contribution in [3.8, 4) is 0 Å². The molecule has 18 heavy (non-hydrogen) atoms. The predicted octanol–water partition coefficient (Wildman–Crippen LogP) is 2.37. The highest BCUT2D eigenvalue weighted by Gasteiger charge is 2.08. The fraction of sp³-hybridized carbons (Fsp3) is 0.500. The Hall–Kier alpha value is -1.55. The van der Waals surface area contributed by atoms with Crippen molar-refractivity contribution in [2.24, 2.45) is 0 Å². The number of hydrogen-bond acceptors (Lipinski definition) is 3. The second-order valence-corrected chi connectivity index (χ2v) is 4.44. The lowest BCUT2D eigenvalue weighted by molar-refractivity contribution is 0.472. The lowest BCUT2D eigenvalue weighted by atomic mass is 10.2. The fourth-order valence-electron chi connectivity index (χ4n) is 2.06. The maximum Gasteiger partial charge on any atom is 0.125 e. The van der Waals surface area contributed by atoms with Crippen LogP contribution in [0.15, 0.2) is 22.8 Å². The van der Waals surface area contributed by atoms with E-state index in [0.29, 0.717) is 6.54 Å². The molecule has 0 saturated carbocycles. The molecule has 4 nitrogen and oxygen atoms in total. The van der Waals surface area contributed by atoms with Gasteiger partial charge in [-0.3, -0.25) is 4.68 Å². The molecule has 1 N–H and O–H groups in total. The largest absolute Gasteiger partial charge is 0.467 e. The van der Waals surface area contributed by atoms with Gasteiger partial charge in [0.05, 0.1) is 18.5 Å². The summed E-state index contributed by atoms with van der Waals surface area (Å²) >= 11 is 0. The van der Waals surface area contributed by atoms with Crippen LogP contribution in [0.4, 0.5) is 0 Å². The fourth-order valence-corrected chi connectivity index (χ4v) is 2.06. The van der Waals surface area contributed by atoms with E-state index in [1.807, 2.05) is 18.0 Å². The number of rotatable bonds is 6. The summed E-state index contributed by atoms with van der Waals surface area (Å²) in [4.78, 5) is 0. The second-order valence-electron chi connectivity index (χ2n) is 4.44. The van der Waals surface area contributed by atoms with Gasteiger partial charge in [0.1, 0.15) is 5.76 Å². The zero-order chi connectivity index (χ0) is 13.0. The van der Waals surface area contributed by atoms with Gasteiger partial charge in [-0.25, -0.2) is 0 Å². The summed E-state index contributed by atoms with van der Waals surface area (Å²) in [7, 11) is 1.93. The molecule has 0 bridgehead atoms. The average molecular weight is 247 g/mol. The van der Waals surface area contributed by atoms with Gasteiger partial charge in [0.15, 0.2) is 0 Å². The Labute approximate surface area is 108 Å². The number of aromatic nitrogens is 2. The molecule has 0 aliphatic heterocycles. The smallest absolute Gasteiger partial charge is 0.125 e. The van der Waals surface area contributed by atoms with E-state index in [2.05, 4.69) is 36.4 Å². The van der Waals surface area contributed by atoms with E-state index >= 15 is 0 Å². The van der Waals surface area contributed by atoms with Crippen molar-refractivity contribution >= 4 is 0 Å². The lowest BCUT2D eigenvalue weighted by Crippen LogP contribution is -2.06.